The molecule has 0 saturated heterocycles. The lowest BCUT2D eigenvalue weighted by molar-refractivity contribution is 0.0926. The average molecular weight is 466 g/mol. The van der Waals surface area contributed by atoms with Crippen LogP contribution in [0.3, 0.4) is 0 Å². The first-order chi connectivity index (χ1) is 14.9. The minimum absolute atomic E-state index is 0. The van der Waals surface area contributed by atoms with Crippen molar-refractivity contribution in [3.05, 3.63) is 46.7 Å². The van der Waals surface area contributed by atoms with Crippen LogP contribution < -0.4 is 15.5 Å². The quantitative estimate of drug-likeness (QED) is 0.690. The second-order valence-electron chi connectivity index (χ2n) is 8.69. The predicted octanol–water partition coefficient (Wildman–Crippen LogP) is 4.27. The second-order valence-corrected chi connectivity index (χ2v) is 8.69. The van der Waals surface area contributed by atoms with E-state index in [2.05, 4.69) is 15.5 Å². The molecule has 2 aliphatic carbocycles. The SMILES string of the molecule is CN(C)c1nc(NC2CCC(NC(=O)c3ccc(F)c(F)c3)CC2)nc2c1CCCC2.Cl. The number of benzene rings is 1. The van der Waals surface area contributed by atoms with Gasteiger partial charge in [0.2, 0.25) is 5.95 Å². The number of aryl methyl sites for hydroxylation is 1. The van der Waals surface area contributed by atoms with Crippen LogP contribution in [0.1, 0.15) is 60.1 Å². The van der Waals surface area contributed by atoms with Gasteiger partial charge < -0.3 is 15.5 Å². The van der Waals surface area contributed by atoms with Crippen molar-refractivity contribution in [2.75, 3.05) is 24.3 Å². The molecule has 2 aliphatic rings. The van der Waals surface area contributed by atoms with E-state index in [9.17, 15) is 13.6 Å². The van der Waals surface area contributed by atoms with Crippen LogP contribution in [0.5, 0.6) is 0 Å². The number of nitrogens with one attached hydrogen (secondary N) is 2. The number of carbonyl (C=O) groups excluding carboxylic acids is 1. The monoisotopic (exact) mass is 465 g/mol. The third kappa shape index (κ3) is 5.46. The largest absolute Gasteiger partial charge is 0.362 e. The molecule has 32 heavy (non-hydrogen) atoms. The Hall–Kier alpha value is -2.48. The highest BCUT2D eigenvalue weighted by Crippen LogP contribution is 2.29. The first-order valence-electron chi connectivity index (χ1n) is 11.0. The van der Waals surface area contributed by atoms with Crippen molar-refractivity contribution in [2.24, 2.45) is 0 Å². The van der Waals surface area contributed by atoms with Gasteiger partial charge in [0.1, 0.15) is 5.82 Å². The van der Waals surface area contributed by atoms with Crippen LogP contribution in [-0.4, -0.2) is 42.1 Å². The van der Waals surface area contributed by atoms with Gasteiger partial charge in [-0.25, -0.2) is 13.8 Å². The van der Waals surface area contributed by atoms with E-state index in [1.807, 2.05) is 14.1 Å². The number of anilines is 2. The zero-order valence-corrected chi connectivity index (χ0v) is 19.3. The molecule has 0 bridgehead atoms. The lowest BCUT2D eigenvalue weighted by atomic mass is 9.91. The van der Waals surface area contributed by atoms with E-state index in [4.69, 9.17) is 9.97 Å². The molecule has 6 nitrogen and oxygen atoms in total. The number of halogens is 3. The summed E-state index contributed by atoms with van der Waals surface area (Å²) in [6.45, 7) is 0. The van der Waals surface area contributed by atoms with Crippen LogP contribution >= 0.6 is 12.4 Å². The van der Waals surface area contributed by atoms with Gasteiger partial charge in [0.15, 0.2) is 11.6 Å². The van der Waals surface area contributed by atoms with E-state index in [1.165, 1.54) is 24.5 Å². The first kappa shape index (κ1) is 24.2. The van der Waals surface area contributed by atoms with Gasteiger partial charge in [0, 0.05) is 37.3 Å². The number of rotatable bonds is 5. The number of nitrogens with zero attached hydrogens (tertiary/aromatic N) is 3. The summed E-state index contributed by atoms with van der Waals surface area (Å²) in [5, 5.41) is 6.43. The summed E-state index contributed by atoms with van der Waals surface area (Å²) in [5.41, 5.74) is 2.56. The topological polar surface area (TPSA) is 70.2 Å². The van der Waals surface area contributed by atoms with Gasteiger partial charge in [-0.1, -0.05) is 0 Å². The number of hydrogen-bond acceptors (Lipinski definition) is 5. The Morgan fingerprint density at radius 3 is 2.38 bits per heavy atom. The Morgan fingerprint density at radius 1 is 1.00 bits per heavy atom. The normalized spacial score (nSPS) is 20.0. The van der Waals surface area contributed by atoms with E-state index in [1.54, 1.807) is 0 Å². The molecule has 1 fully saturated rings. The summed E-state index contributed by atoms with van der Waals surface area (Å²) in [7, 11) is 4.03. The fraction of sp³-hybridized carbons (Fsp3) is 0.522. The summed E-state index contributed by atoms with van der Waals surface area (Å²) in [6, 6.07) is 3.48. The Bertz CT molecular complexity index is 964. The molecule has 0 aliphatic heterocycles. The zero-order valence-electron chi connectivity index (χ0n) is 18.5. The lowest BCUT2D eigenvalue weighted by Gasteiger charge is -2.30. The van der Waals surface area contributed by atoms with Crippen molar-refractivity contribution in [1.29, 1.82) is 0 Å². The maximum Gasteiger partial charge on any atom is 0.251 e. The lowest BCUT2D eigenvalue weighted by Crippen LogP contribution is -2.40. The van der Waals surface area contributed by atoms with E-state index >= 15 is 0 Å². The minimum atomic E-state index is -1.01. The van der Waals surface area contributed by atoms with Crippen molar-refractivity contribution >= 4 is 30.1 Å². The molecule has 9 heteroatoms. The average Bonchev–Trinajstić information content (AvgIpc) is 2.76. The maximum absolute atomic E-state index is 13.4. The number of fused-ring (bicyclic) bond motifs is 1. The van der Waals surface area contributed by atoms with Crippen molar-refractivity contribution in [1.82, 2.24) is 15.3 Å². The number of hydrogen-bond donors (Lipinski definition) is 2. The van der Waals surface area contributed by atoms with Crippen molar-refractivity contribution in [2.45, 2.75) is 63.5 Å². The molecule has 1 amide bonds. The molecule has 174 valence electrons. The van der Waals surface area contributed by atoms with Gasteiger partial charge in [0.25, 0.3) is 5.91 Å². The summed E-state index contributed by atoms with van der Waals surface area (Å²) >= 11 is 0. The highest BCUT2D eigenvalue weighted by molar-refractivity contribution is 5.94. The van der Waals surface area contributed by atoms with Gasteiger partial charge in [-0.3, -0.25) is 4.79 Å². The van der Waals surface area contributed by atoms with Crippen LogP contribution in [0.2, 0.25) is 0 Å². The van der Waals surface area contributed by atoms with Crippen molar-refractivity contribution < 1.29 is 13.6 Å². The van der Waals surface area contributed by atoms with Crippen LogP contribution in [0, 0.1) is 11.6 Å². The van der Waals surface area contributed by atoms with Crippen LogP contribution in [-0.2, 0) is 12.8 Å². The molecule has 1 saturated carbocycles. The predicted molar refractivity (Wildman–Crippen MR) is 124 cm³/mol. The molecule has 0 radical (unpaired) electrons. The fourth-order valence-electron chi connectivity index (χ4n) is 4.48. The van der Waals surface area contributed by atoms with E-state index in [-0.39, 0.29) is 36.0 Å². The first-order valence-corrected chi connectivity index (χ1v) is 11.0. The molecule has 0 atom stereocenters. The Labute approximate surface area is 193 Å². The van der Waals surface area contributed by atoms with Gasteiger partial charge in [-0.15, -0.1) is 12.4 Å². The van der Waals surface area contributed by atoms with Gasteiger partial charge >= 0.3 is 0 Å². The van der Waals surface area contributed by atoms with Gasteiger partial charge in [-0.05, 0) is 69.6 Å². The fourth-order valence-corrected chi connectivity index (χ4v) is 4.48. The molecule has 1 aromatic heterocycles. The Morgan fingerprint density at radius 2 is 1.69 bits per heavy atom. The standard InChI is InChI=1S/C23H29F2N5O.ClH/c1-30(2)21-17-5-3-4-6-20(17)28-23(29-21)27-16-10-8-15(9-11-16)26-22(31)14-7-12-18(24)19(25)13-14;/h7,12-13,15-16H,3-6,8-11H2,1-2H3,(H,26,31)(H,27,28,29);1H. The summed E-state index contributed by atoms with van der Waals surface area (Å²) < 4.78 is 26.5. The third-order valence-electron chi connectivity index (χ3n) is 6.16. The van der Waals surface area contributed by atoms with E-state index in [0.717, 1.165) is 62.2 Å². The highest BCUT2D eigenvalue weighted by atomic mass is 35.5. The van der Waals surface area contributed by atoms with E-state index in [0.29, 0.717) is 5.95 Å². The second kappa shape index (κ2) is 10.4. The van der Waals surface area contributed by atoms with Crippen molar-refractivity contribution in [3.63, 3.8) is 0 Å². The summed E-state index contributed by atoms with van der Waals surface area (Å²) in [4.78, 5) is 24.0. The summed E-state index contributed by atoms with van der Waals surface area (Å²) in [5.74, 6) is -0.657. The smallest absolute Gasteiger partial charge is 0.251 e. The molecule has 1 heterocycles. The molecule has 2 aromatic rings. The molecule has 4 rings (SSSR count). The molecular formula is C23H30ClF2N5O. The highest BCUT2D eigenvalue weighted by Gasteiger charge is 2.25. The Balaban J connectivity index is 0.00000289. The maximum atomic E-state index is 13.4. The van der Waals surface area contributed by atoms with Gasteiger partial charge in [-0.2, -0.15) is 4.98 Å². The van der Waals surface area contributed by atoms with Crippen LogP contribution in [0.15, 0.2) is 18.2 Å². The molecule has 0 spiro atoms. The molecular weight excluding hydrogens is 436 g/mol. The van der Waals surface area contributed by atoms with Crippen LogP contribution in [0.25, 0.3) is 0 Å². The Kier molecular flexibility index (Phi) is 7.87. The number of carbonyl (C=O) groups is 1. The van der Waals surface area contributed by atoms with E-state index < -0.39 is 11.6 Å². The minimum Gasteiger partial charge on any atom is -0.362 e. The molecule has 2 N–H and O–H groups in total. The number of amides is 1. The zero-order chi connectivity index (χ0) is 22.0. The number of aromatic nitrogens is 2. The molecule has 0 unspecified atom stereocenters. The van der Waals surface area contributed by atoms with Crippen LogP contribution in [0.4, 0.5) is 20.5 Å². The molecule has 1 aromatic carbocycles. The van der Waals surface area contributed by atoms with Crippen molar-refractivity contribution in [3.8, 4) is 0 Å². The van der Waals surface area contributed by atoms with Gasteiger partial charge in [0.05, 0.1) is 5.69 Å². The summed E-state index contributed by atoms with van der Waals surface area (Å²) in [6.07, 6.45) is 7.74. The third-order valence-corrected chi connectivity index (χ3v) is 6.16.